The molecule has 1 unspecified atom stereocenters. The van der Waals surface area contributed by atoms with E-state index in [0.717, 1.165) is 46.9 Å². The van der Waals surface area contributed by atoms with Crippen molar-refractivity contribution < 1.29 is 12.8 Å². The molecule has 1 aliphatic rings. The molecule has 41 heavy (non-hydrogen) atoms. The van der Waals surface area contributed by atoms with Crippen LogP contribution in [0, 0.1) is 6.92 Å². The monoisotopic (exact) mass is 596 g/mol. The molecule has 11 heteroatoms. The Balaban J connectivity index is 1.38. The standard InChI is InChI=1S/C30H34ClFN6O2S/c1-5-19-14-20(23-11-13-28(34-18(23)2)37-41(39,40)27-9-7-6-8-24(27)31)15-21-17-33-30(36-29(19)21)35-26-12-10-22(38(3)4)16-25(26)32/h6-9,11,13-15,17,22,25-26H,5,10,12,16H2,1-4H3,(H,34,37)(H,33,35,36)/t22-,25+,26?/m1/s1. The lowest BCUT2D eigenvalue weighted by molar-refractivity contribution is 0.139. The molecule has 2 N–H and O–H groups in total. The highest BCUT2D eigenvalue weighted by atomic mass is 35.5. The van der Waals surface area contributed by atoms with E-state index in [9.17, 15) is 12.8 Å². The van der Waals surface area contributed by atoms with Crippen molar-refractivity contribution in [3.63, 3.8) is 0 Å². The Labute approximate surface area is 245 Å². The van der Waals surface area contributed by atoms with E-state index in [-0.39, 0.29) is 27.8 Å². The number of aryl methyl sites for hydroxylation is 2. The SMILES string of the molecule is CCc1cc(-c2ccc(NS(=O)(=O)c3ccccc3Cl)nc2C)cc2cnc(NC3CC[C@@H](N(C)C)C[C@@H]3F)nc12. The minimum atomic E-state index is -3.90. The number of aromatic nitrogens is 3. The molecule has 2 aromatic carbocycles. The van der Waals surface area contributed by atoms with Crippen LogP contribution in [-0.4, -0.2) is 60.6 Å². The number of fused-ring (bicyclic) bond motifs is 1. The highest BCUT2D eigenvalue weighted by molar-refractivity contribution is 7.92. The Kier molecular flexibility index (Phi) is 8.45. The van der Waals surface area contributed by atoms with Crippen molar-refractivity contribution in [2.45, 2.75) is 62.7 Å². The van der Waals surface area contributed by atoms with E-state index in [0.29, 0.717) is 18.1 Å². The molecule has 4 aromatic rings. The number of anilines is 2. The summed E-state index contributed by atoms with van der Waals surface area (Å²) < 4.78 is 43.1. The number of sulfonamides is 1. The third-order valence-corrected chi connectivity index (χ3v) is 9.55. The zero-order chi connectivity index (χ0) is 29.3. The summed E-state index contributed by atoms with van der Waals surface area (Å²) in [5.41, 5.74) is 4.30. The fourth-order valence-electron chi connectivity index (χ4n) is 5.38. The summed E-state index contributed by atoms with van der Waals surface area (Å²) in [5.74, 6) is 0.636. The average Bonchev–Trinajstić information content (AvgIpc) is 2.93. The number of rotatable bonds is 8. The van der Waals surface area contributed by atoms with Gasteiger partial charge in [0.05, 0.1) is 16.6 Å². The van der Waals surface area contributed by atoms with Crippen LogP contribution in [0.2, 0.25) is 5.02 Å². The van der Waals surface area contributed by atoms with Crippen molar-refractivity contribution in [3.8, 4) is 11.1 Å². The van der Waals surface area contributed by atoms with Crippen LogP contribution in [0.3, 0.4) is 0 Å². The van der Waals surface area contributed by atoms with Crippen LogP contribution in [0.15, 0.2) is 59.6 Å². The highest BCUT2D eigenvalue weighted by Gasteiger charge is 2.32. The average molecular weight is 597 g/mol. The molecule has 2 heterocycles. The van der Waals surface area contributed by atoms with Gasteiger partial charge in [-0.1, -0.05) is 30.7 Å². The van der Waals surface area contributed by atoms with Crippen LogP contribution in [0.1, 0.15) is 37.4 Å². The summed E-state index contributed by atoms with van der Waals surface area (Å²) >= 11 is 6.10. The van der Waals surface area contributed by atoms with Gasteiger partial charge in [-0.15, -0.1) is 0 Å². The molecule has 0 aliphatic heterocycles. The smallest absolute Gasteiger partial charge is 0.264 e. The van der Waals surface area contributed by atoms with Gasteiger partial charge in [0.2, 0.25) is 5.95 Å². The van der Waals surface area contributed by atoms with Crippen molar-refractivity contribution in [3.05, 3.63) is 71.0 Å². The number of halogens is 2. The maximum absolute atomic E-state index is 14.9. The van der Waals surface area contributed by atoms with Crippen molar-refractivity contribution in [1.82, 2.24) is 19.9 Å². The van der Waals surface area contributed by atoms with Crippen LogP contribution >= 0.6 is 11.6 Å². The molecular weight excluding hydrogens is 563 g/mol. The zero-order valence-electron chi connectivity index (χ0n) is 23.5. The van der Waals surface area contributed by atoms with Crippen LogP contribution in [0.5, 0.6) is 0 Å². The number of benzene rings is 2. The Bertz CT molecular complexity index is 1680. The molecule has 1 aliphatic carbocycles. The number of alkyl halides is 1. The lowest BCUT2D eigenvalue weighted by atomic mass is 9.89. The Morgan fingerprint density at radius 3 is 2.56 bits per heavy atom. The molecule has 1 saturated carbocycles. The van der Waals surface area contributed by atoms with Gasteiger partial charge in [-0.3, -0.25) is 4.72 Å². The Morgan fingerprint density at radius 2 is 1.88 bits per heavy atom. The van der Waals surface area contributed by atoms with E-state index in [1.807, 2.05) is 33.2 Å². The Hall–Kier alpha value is -3.34. The molecule has 0 radical (unpaired) electrons. The van der Waals surface area contributed by atoms with E-state index in [4.69, 9.17) is 16.6 Å². The van der Waals surface area contributed by atoms with E-state index in [2.05, 4.69) is 37.9 Å². The van der Waals surface area contributed by atoms with Crippen molar-refractivity contribution >= 4 is 44.3 Å². The van der Waals surface area contributed by atoms with Gasteiger partial charge in [0, 0.05) is 28.9 Å². The molecule has 3 atom stereocenters. The maximum atomic E-state index is 14.9. The first kappa shape index (κ1) is 29.2. The number of nitrogens with zero attached hydrogens (tertiary/aromatic N) is 4. The number of hydrogen-bond donors (Lipinski definition) is 2. The second-order valence-electron chi connectivity index (χ2n) is 10.7. The summed E-state index contributed by atoms with van der Waals surface area (Å²) in [6, 6.07) is 13.7. The van der Waals surface area contributed by atoms with Gasteiger partial charge in [-0.05, 0) is 94.2 Å². The molecule has 0 saturated heterocycles. The minimum absolute atomic E-state index is 0.00977. The zero-order valence-corrected chi connectivity index (χ0v) is 25.1. The molecule has 0 amide bonds. The lowest BCUT2D eigenvalue weighted by Crippen LogP contribution is -2.43. The molecule has 8 nitrogen and oxygen atoms in total. The summed E-state index contributed by atoms with van der Waals surface area (Å²) in [5, 5.41) is 4.24. The van der Waals surface area contributed by atoms with Crippen LogP contribution < -0.4 is 10.0 Å². The molecular formula is C30H34ClFN6O2S. The van der Waals surface area contributed by atoms with E-state index < -0.39 is 16.2 Å². The first-order chi connectivity index (χ1) is 19.6. The summed E-state index contributed by atoms with van der Waals surface area (Å²) in [6.45, 7) is 3.89. The van der Waals surface area contributed by atoms with Gasteiger partial charge in [0.15, 0.2) is 0 Å². The normalized spacial score (nSPS) is 19.4. The Morgan fingerprint density at radius 1 is 1.10 bits per heavy atom. The lowest BCUT2D eigenvalue weighted by Gasteiger charge is -2.35. The molecule has 2 aromatic heterocycles. The third-order valence-electron chi connectivity index (χ3n) is 7.69. The predicted octanol–water partition coefficient (Wildman–Crippen LogP) is 6.25. The van der Waals surface area contributed by atoms with E-state index in [1.165, 1.54) is 12.1 Å². The van der Waals surface area contributed by atoms with Gasteiger partial charge in [0.25, 0.3) is 10.0 Å². The first-order valence-electron chi connectivity index (χ1n) is 13.7. The number of nitrogens with one attached hydrogen (secondary N) is 2. The predicted molar refractivity (Wildman–Crippen MR) is 163 cm³/mol. The van der Waals surface area contributed by atoms with Gasteiger partial charge in [0.1, 0.15) is 16.9 Å². The summed E-state index contributed by atoms with van der Waals surface area (Å²) in [4.78, 5) is 15.9. The molecule has 5 rings (SSSR count). The third kappa shape index (κ3) is 6.29. The van der Waals surface area contributed by atoms with Crippen molar-refractivity contribution in [1.29, 1.82) is 0 Å². The van der Waals surface area contributed by atoms with E-state index in [1.54, 1.807) is 24.4 Å². The summed E-state index contributed by atoms with van der Waals surface area (Å²) in [7, 11) is 0.0923. The van der Waals surface area contributed by atoms with Gasteiger partial charge in [-0.2, -0.15) is 0 Å². The number of pyridine rings is 1. The summed E-state index contributed by atoms with van der Waals surface area (Å²) in [6.07, 6.45) is 3.69. The molecule has 0 bridgehead atoms. The van der Waals surface area contributed by atoms with Crippen molar-refractivity contribution in [2.24, 2.45) is 0 Å². The van der Waals surface area contributed by atoms with Gasteiger partial charge in [-0.25, -0.2) is 27.8 Å². The van der Waals surface area contributed by atoms with E-state index >= 15 is 0 Å². The number of hydrogen-bond acceptors (Lipinski definition) is 7. The maximum Gasteiger partial charge on any atom is 0.264 e. The second kappa shape index (κ2) is 11.9. The fraction of sp³-hybridized carbons (Fsp3) is 0.367. The first-order valence-corrected chi connectivity index (χ1v) is 15.5. The van der Waals surface area contributed by atoms with Crippen LogP contribution in [0.4, 0.5) is 16.2 Å². The molecule has 216 valence electrons. The molecule has 0 spiro atoms. The van der Waals surface area contributed by atoms with Crippen LogP contribution in [0.25, 0.3) is 22.0 Å². The second-order valence-corrected chi connectivity index (χ2v) is 12.7. The minimum Gasteiger partial charge on any atom is -0.349 e. The molecule has 1 fully saturated rings. The van der Waals surface area contributed by atoms with Crippen molar-refractivity contribution in [2.75, 3.05) is 24.1 Å². The van der Waals surface area contributed by atoms with Crippen LogP contribution in [-0.2, 0) is 16.4 Å². The topological polar surface area (TPSA) is 100 Å². The largest absolute Gasteiger partial charge is 0.349 e. The van der Waals surface area contributed by atoms with Gasteiger partial charge < -0.3 is 10.2 Å². The highest BCUT2D eigenvalue weighted by Crippen LogP contribution is 2.32. The van der Waals surface area contributed by atoms with Gasteiger partial charge >= 0.3 is 0 Å². The quantitative estimate of drug-likeness (QED) is 0.248. The fourth-order valence-corrected chi connectivity index (χ4v) is 6.91.